The Balaban J connectivity index is 1.70. The molecule has 0 saturated heterocycles. The van der Waals surface area contributed by atoms with E-state index in [0.717, 1.165) is 5.13 Å². The molecule has 4 rings (SSSR count). The lowest BCUT2D eigenvalue weighted by atomic mass is 9.91. The lowest BCUT2D eigenvalue weighted by Gasteiger charge is -2.15. The van der Waals surface area contributed by atoms with E-state index in [2.05, 4.69) is 17.4 Å². The Hall–Kier alpha value is -1.09. The maximum Gasteiger partial charge on any atom is 0.184 e. The van der Waals surface area contributed by atoms with E-state index in [1.54, 1.807) is 0 Å². The highest BCUT2D eigenvalue weighted by molar-refractivity contribution is 7.22. The number of benzene rings is 1. The van der Waals surface area contributed by atoms with Crippen LogP contribution in [-0.4, -0.2) is 11.0 Å². The first kappa shape index (κ1) is 11.7. The van der Waals surface area contributed by atoms with Crippen LogP contribution >= 0.6 is 11.3 Å². The van der Waals surface area contributed by atoms with Gasteiger partial charge in [0.2, 0.25) is 0 Å². The summed E-state index contributed by atoms with van der Waals surface area (Å²) in [7, 11) is 0. The number of aryl methyl sites for hydroxylation is 2. The Morgan fingerprint density at radius 1 is 1.05 bits per heavy atom. The predicted octanol–water partition coefficient (Wildman–Crippen LogP) is 4.53. The molecule has 0 radical (unpaired) electrons. The topological polar surface area (TPSA) is 24.9 Å². The Bertz CT molecular complexity index is 596. The second-order valence-corrected chi connectivity index (χ2v) is 6.93. The molecule has 0 spiro atoms. The van der Waals surface area contributed by atoms with Crippen molar-refractivity contribution in [1.82, 2.24) is 4.98 Å². The standard InChI is InChI=1S/C16H20N2S/c1-4-8-13-11(5-1)9-10-14-15(13)18-16(19-14)17-12-6-2-3-7-12/h9-10,12H,1-8H2,(H,17,18). The molecule has 1 fully saturated rings. The Labute approximate surface area is 118 Å². The van der Waals surface area contributed by atoms with E-state index < -0.39 is 0 Å². The van der Waals surface area contributed by atoms with Crippen LogP contribution in [0.5, 0.6) is 0 Å². The van der Waals surface area contributed by atoms with Gasteiger partial charge in [-0.2, -0.15) is 0 Å². The molecule has 1 saturated carbocycles. The van der Waals surface area contributed by atoms with Crippen molar-refractivity contribution < 1.29 is 0 Å². The van der Waals surface area contributed by atoms with Crippen molar-refractivity contribution in [2.24, 2.45) is 0 Å². The number of anilines is 1. The Morgan fingerprint density at radius 3 is 2.79 bits per heavy atom. The largest absolute Gasteiger partial charge is 0.359 e. The summed E-state index contributed by atoms with van der Waals surface area (Å²) in [6, 6.07) is 5.27. The van der Waals surface area contributed by atoms with E-state index >= 15 is 0 Å². The lowest BCUT2D eigenvalue weighted by Crippen LogP contribution is -2.14. The van der Waals surface area contributed by atoms with Gasteiger partial charge in [-0.3, -0.25) is 0 Å². The molecule has 0 aliphatic heterocycles. The van der Waals surface area contributed by atoms with E-state index in [9.17, 15) is 0 Å². The van der Waals surface area contributed by atoms with Crippen LogP contribution in [-0.2, 0) is 12.8 Å². The van der Waals surface area contributed by atoms with Gasteiger partial charge in [-0.05, 0) is 55.7 Å². The van der Waals surface area contributed by atoms with E-state index in [0.29, 0.717) is 6.04 Å². The number of aromatic nitrogens is 1. The number of hydrogen-bond donors (Lipinski definition) is 1. The summed E-state index contributed by atoms with van der Waals surface area (Å²) in [6.07, 6.45) is 10.5. The second-order valence-electron chi connectivity index (χ2n) is 5.90. The van der Waals surface area contributed by atoms with Gasteiger partial charge < -0.3 is 5.32 Å². The first-order valence-electron chi connectivity index (χ1n) is 7.58. The molecule has 19 heavy (non-hydrogen) atoms. The maximum atomic E-state index is 4.90. The van der Waals surface area contributed by atoms with Crippen molar-refractivity contribution in [3.8, 4) is 0 Å². The smallest absolute Gasteiger partial charge is 0.184 e. The fraction of sp³-hybridized carbons (Fsp3) is 0.562. The van der Waals surface area contributed by atoms with Crippen LogP contribution in [0.25, 0.3) is 10.2 Å². The minimum atomic E-state index is 0.663. The number of thiazole rings is 1. The van der Waals surface area contributed by atoms with Crippen molar-refractivity contribution in [3.05, 3.63) is 23.3 Å². The van der Waals surface area contributed by atoms with Crippen LogP contribution in [0.1, 0.15) is 49.7 Å². The second kappa shape index (κ2) is 4.78. The third-order valence-corrected chi connectivity index (χ3v) is 5.52. The van der Waals surface area contributed by atoms with Crippen LogP contribution in [0.15, 0.2) is 12.1 Å². The van der Waals surface area contributed by atoms with Crippen molar-refractivity contribution in [1.29, 1.82) is 0 Å². The van der Waals surface area contributed by atoms with Crippen molar-refractivity contribution in [2.45, 2.75) is 57.4 Å². The highest BCUT2D eigenvalue weighted by Crippen LogP contribution is 2.34. The maximum absolute atomic E-state index is 4.90. The lowest BCUT2D eigenvalue weighted by molar-refractivity contribution is 0.689. The molecular weight excluding hydrogens is 252 g/mol. The molecule has 1 N–H and O–H groups in total. The highest BCUT2D eigenvalue weighted by atomic mass is 32.1. The van der Waals surface area contributed by atoms with E-state index in [-0.39, 0.29) is 0 Å². The zero-order chi connectivity index (χ0) is 12.7. The predicted molar refractivity (Wildman–Crippen MR) is 82.1 cm³/mol. The number of nitrogens with zero attached hydrogens (tertiary/aromatic N) is 1. The summed E-state index contributed by atoms with van der Waals surface area (Å²) in [5, 5.41) is 4.78. The molecule has 1 heterocycles. The summed E-state index contributed by atoms with van der Waals surface area (Å²) in [6.45, 7) is 0. The summed E-state index contributed by atoms with van der Waals surface area (Å²) in [5.74, 6) is 0. The quantitative estimate of drug-likeness (QED) is 0.868. The van der Waals surface area contributed by atoms with E-state index in [1.165, 1.54) is 72.7 Å². The average molecular weight is 272 g/mol. The number of rotatable bonds is 2. The molecule has 2 aliphatic carbocycles. The number of nitrogens with one attached hydrogen (secondary N) is 1. The third kappa shape index (κ3) is 2.14. The molecule has 1 aromatic carbocycles. The van der Waals surface area contributed by atoms with Crippen molar-refractivity contribution in [2.75, 3.05) is 5.32 Å². The molecule has 3 heteroatoms. The normalized spacial score (nSPS) is 19.8. The summed E-state index contributed by atoms with van der Waals surface area (Å²) < 4.78 is 1.36. The molecule has 2 aromatic rings. The van der Waals surface area contributed by atoms with Gasteiger partial charge >= 0.3 is 0 Å². The van der Waals surface area contributed by atoms with Crippen LogP contribution < -0.4 is 5.32 Å². The molecule has 0 amide bonds. The SMILES string of the molecule is c1cc2sc(NC3CCCC3)nc2c2c1CCCC2. The summed E-state index contributed by atoms with van der Waals surface area (Å²) in [5.41, 5.74) is 4.35. The zero-order valence-corrected chi connectivity index (χ0v) is 12.1. The summed E-state index contributed by atoms with van der Waals surface area (Å²) in [4.78, 5) is 4.90. The van der Waals surface area contributed by atoms with Gasteiger partial charge in [-0.15, -0.1) is 0 Å². The molecule has 0 unspecified atom stereocenters. The first-order chi connectivity index (χ1) is 9.40. The fourth-order valence-corrected chi connectivity index (χ4v) is 4.50. The van der Waals surface area contributed by atoms with Gasteiger partial charge in [-0.1, -0.05) is 30.2 Å². The van der Waals surface area contributed by atoms with Crippen LogP contribution in [0.4, 0.5) is 5.13 Å². The molecule has 0 bridgehead atoms. The number of hydrogen-bond acceptors (Lipinski definition) is 3. The van der Waals surface area contributed by atoms with Crippen molar-refractivity contribution in [3.63, 3.8) is 0 Å². The van der Waals surface area contributed by atoms with Crippen LogP contribution in [0.3, 0.4) is 0 Å². The minimum Gasteiger partial charge on any atom is -0.359 e. The van der Waals surface area contributed by atoms with Gasteiger partial charge in [-0.25, -0.2) is 4.98 Å². The molecule has 0 atom stereocenters. The van der Waals surface area contributed by atoms with Crippen LogP contribution in [0, 0.1) is 0 Å². The van der Waals surface area contributed by atoms with Gasteiger partial charge in [0.15, 0.2) is 5.13 Å². The molecule has 100 valence electrons. The van der Waals surface area contributed by atoms with E-state index in [1.807, 2.05) is 11.3 Å². The molecule has 2 aliphatic rings. The fourth-order valence-electron chi connectivity index (χ4n) is 3.53. The van der Waals surface area contributed by atoms with E-state index in [4.69, 9.17) is 4.98 Å². The molecule has 2 nitrogen and oxygen atoms in total. The zero-order valence-electron chi connectivity index (χ0n) is 11.2. The third-order valence-electron chi connectivity index (χ3n) is 4.57. The van der Waals surface area contributed by atoms with Gasteiger partial charge in [0.1, 0.15) is 0 Å². The van der Waals surface area contributed by atoms with Crippen LogP contribution in [0.2, 0.25) is 0 Å². The Kier molecular flexibility index (Phi) is 2.95. The number of fused-ring (bicyclic) bond motifs is 3. The van der Waals surface area contributed by atoms with Crippen molar-refractivity contribution >= 4 is 26.7 Å². The summed E-state index contributed by atoms with van der Waals surface area (Å²) >= 11 is 1.83. The van der Waals surface area contributed by atoms with Gasteiger partial charge in [0, 0.05) is 6.04 Å². The minimum absolute atomic E-state index is 0.663. The highest BCUT2D eigenvalue weighted by Gasteiger charge is 2.18. The average Bonchev–Trinajstić information content (AvgIpc) is 3.08. The van der Waals surface area contributed by atoms with Gasteiger partial charge in [0.05, 0.1) is 10.2 Å². The molecule has 1 aromatic heterocycles. The monoisotopic (exact) mass is 272 g/mol. The van der Waals surface area contributed by atoms with Gasteiger partial charge in [0.25, 0.3) is 0 Å². The molecular formula is C16H20N2S. The Morgan fingerprint density at radius 2 is 1.89 bits per heavy atom. The first-order valence-corrected chi connectivity index (χ1v) is 8.39.